The van der Waals surface area contributed by atoms with Crippen LogP contribution in [0.25, 0.3) is 0 Å². The molecular weight excluding hydrogens is 226 g/mol. The molecule has 0 rings (SSSR count). The van der Waals surface area contributed by atoms with Gasteiger partial charge in [0.2, 0.25) is 0 Å². The molecule has 17 heavy (non-hydrogen) atoms. The molecule has 0 spiro atoms. The van der Waals surface area contributed by atoms with Gasteiger partial charge >= 0.3 is 5.97 Å². The maximum absolute atomic E-state index is 10.2. The third-order valence-corrected chi connectivity index (χ3v) is 1.76. The summed E-state index contributed by atoms with van der Waals surface area (Å²) >= 11 is 0. The minimum Gasteiger partial charge on any atom is -0.488 e. The van der Waals surface area contributed by atoms with Crippen LogP contribution >= 0.6 is 0 Å². The topological polar surface area (TPSA) is 99.7 Å². The quantitative estimate of drug-likeness (QED) is 0.183. The van der Waals surface area contributed by atoms with Crippen LogP contribution in [-0.4, -0.2) is 62.9 Å². The van der Waals surface area contributed by atoms with Crippen LogP contribution in [0.5, 0.6) is 0 Å². The highest BCUT2D eigenvalue weighted by atomic mass is 16.5. The number of ether oxygens (including phenoxy) is 1. The number of carboxylic acid groups (broad SMARTS) is 1. The lowest BCUT2D eigenvalue weighted by molar-refractivity contribution is -0.135. The molecule has 0 aliphatic carbocycles. The summed E-state index contributed by atoms with van der Waals surface area (Å²) in [5.74, 6) is 0.669. The van der Waals surface area contributed by atoms with E-state index in [0.717, 1.165) is 25.9 Å². The summed E-state index contributed by atoms with van der Waals surface area (Å²) < 4.78 is 4.77. The second kappa shape index (κ2) is 12.7. The van der Waals surface area contributed by atoms with Gasteiger partial charge in [-0.2, -0.15) is 0 Å². The molecule has 0 amide bonds. The first-order chi connectivity index (χ1) is 8.27. The molecule has 0 saturated heterocycles. The summed E-state index contributed by atoms with van der Waals surface area (Å²) in [5.41, 5.74) is 0. The van der Waals surface area contributed by atoms with Crippen molar-refractivity contribution in [3.05, 3.63) is 6.26 Å². The van der Waals surface area contributed by atoms with Gasteiger partial charge in [-0.15, -0.1) is 0 Å². The third kappa shape index (κ3) is 14.6. The van der Waals surface area contributed by atoms with Gasteiger partial charge in [-0.05, 0) is 0 Å². The number of aliphatic carboxylic acids is 1. The normalized spacial score (nSPS) is 9.65. The maximum atomic E-state index is 10.2. The Morgan fingerprint density at radius 2 is 1.71 bits per heavy atom. The molecule has 7 heteroatoms. The van der Waals surface area contributed by atoms with E-state index in [-0.39, 0.29) is 6.54 Å². The van der Waals surface area contributed by atoms with Crippen molar-refractivity contribution in [2.45, 2.75) is 0 Å². The first kappa shape index (κ1) is 15.6. The van der Waals surface area contributed by atoms with Gasteiger partial charge in [0.05, 0.1) is 6.54 Å². The van der Waals surface area contributed by atoms with Crippen molar-refractivity contribution < 1.29 is 19.4 Å². The van der Waals surface area contributed by atoms with E-state index in [1.165, 1.54) is 5.94 Å². The van der Waals surface area contributed by atoms with Crippen LogP contribution in [0.2, 0.25) is 0 Å². The van der Waals surface area contributed by atoms with Crippen molar-refractivity contribution in [3.63, 3.8) is 0 Å². The van der Waals surface area contributed by atoms with Crippen LogP contribution in [0.4, 0.5) is 0 Å². The van der Waals surface area contributed by atoms with Crippen molar-refractivity contribution in [2.24, 2.45) is 0 Å². The number of hydrogen-bond acceptors (Lipinski definition) is 6. The first-order valence-electron chi connectivity index (χ1n) is 5.42. The predicted molar refractivity (Wildman–Crippen MR) is 62.5 cm³/mol. The van der Waals surface area contributed by atoms with Gasteiger partial charge in [0.25, 0.3) is 0 Å². The fourth-order valence-electron chi connectivity index (χ4n) is 1.02. The molecule has 0 aromatic carbocycles. The largest absolute Gasteiger partial charge is 0.488 e. The Morgan fingerprint density at radius 3 is 2.29 bits per heavy atom. The molecule has 7 nitrogen and oxygen atoms in total. The molecule has 0 aromatic rings. The zero-order valence-corrected chi connectivity index (χ0v) is 9.70. The number of rotatable bonds is 12. The monoisotopic (exact) mass is 245 g/mol. The average molecular weight is 245 g/mol. The molecule has 0 aliphatic heterocycles. The highest BCUT2D eigenvalue weighted by Gasteiger charge is 1.93. The molecule has 0 saturated carbocycles. The van der Waals surface area contributed by atoms with Gasteiger partial charge in [-0.25, -0.2) is 4.79 Å². The van der Waals surface area contributed by atoms with E-state index in [1.54, 1.807) is 0 Å². The van der Waals surface area contributed by atoms with Crippen molar-refractivity contribution in [2.75, 3.05) is 45.9 Å². The highest BCUT2D eigenvalue weighted by Crippen LogP contribution is 1.70. The summed E-state index contributed by atoms with van der Waals surface area (Å²) in [6.45, 7) is 4.01. The highest BCUT2D eigenvalue weighted by molar-refractivity contribution is 5.68. The molecule has 0 bridgehead atoms. The number of carbonyl (C=O) groups excluding carboxylic acids is 1. The van der Waals surface area contributed by atoms with Crippen LogP contribution in [0, 0.1) is 0 Å². The van der Waals surface area contributed by atoms with Crippen LogP contribution < -0.4 is 16.0 Å². The third-order valence-electron chi connectivity index (χ3n) is 1.76. The van der Waals surface area contributed by atoms with Gasteiger partial charge in [0, 0.05) is 32.7 Å². The number of carboxylic acids is 1. The fraction of sp³-hybridized carbons (Fsp3) is 0.700. The summed E-state index contributed by atoms with van der Waals surface area (Å²) in [6, 6.07) is 0. The maximum Gasteiger partial charge on any atom is 0.317 e. The lowest BCUT2D eigenvalue weighted by Gasteiger charge is -2.06. The lowest BCUT2D eigenvalue weighted by atomic mass is 10.5. The van der Waals surface area contributed by atoms with E-state index in [2.05, 4.69) is 16.0 Å². The van der Waals surface area contributed by atoms with E-state index < -0.39 is 5.97 Å². The van der Waals surface area contributed by atoms with Crippen LogP contribution in [-0.2, 0) is 14.3 Å². The first-order valence-corrected chi connectivity index (χ1v) is 5.42. The zero-order chi connectivity index (χ0) is 12.8. The number of hydrogen-bond donors (Lipinski definition) is 4. The second-order valence-electron chi connectivity index (χ2n) is 3.18. The van der Waals surface area contributed by atoms with Crippen LogP contribution in [0.3, 0.4) is 0 Å². The Morgan fingerprint density at radius 1 is 1.12 bits per heavy atom. The SMILES string of the molecule is O=C=COCCNCCNCCNCC(=O)O. The summed E-state index contributed by atoms with van der Waals surface area (Å²) in [4.78, 5) is 19.9. The van der Waals surface area contributed by atoms with Gasteiger partial charge in [-0.1, -0.05) is 0 Å². The van der Waals surface area contributed by atoms with Crippen molar-refractivity contribution in [3.8, 4) is 0 Å². The standard InChI is InChI=1S/C10H19N3O4/c14-6-8-17-7-5-12-2-1-11-3-4-13-9-10(15)16/h8,11-13H,1-5,7,9H2,(H,15,16). The van der Waals surface area contributed by atoms with E-state index in [0.29, 0.717) is 19.7 Å². The predicted octanol–water partition coefficient (Wildman–Crippen LogP) is -1.80. The second-order valence-corrected chi connectivity index (χ2v) is 3.18. The molecular formula is C10H19N3O4. The minimum absolute atomic E-state index is 0.0124. The van der Waals surface area contributed by atoms with Crippen molar-refractivity contribution in [1.29, 1.82) is 0 Å². The molecule has 0 aliphatic rings. The van der Waals surface area contributed by atoms with E-state index in [9.17, 15) is 9.59 Å². The average Bonchev–Trinajstić information content (AvgIpc) is 2.30. The molecule has 0 aromatic heterocycles. The Hall–Kier alpha value is -1.40. The molecule has 0 heterocycles. The number of carbonyl (C=O) groups is 1. The van der Waals surface area contributed by atoms with Gasteiger partial charge < -0.3 is 25.8 Å². The zero-order valence-electron chi connectivity index (χ0n) is 9.70. The smallest absolute Gasteiger partial charge is 0.317 e. The van der Waals surface area contributed by atoms with E-state index >= 15 is 0 Å². The summed E-state index contributed by atoms with van der Waals surface area (Å²) in [6.07, 6.45) is 0.994. The molecule has 0 atom stereocenters. The molecule has 0 unspecified atom stereocenters. The van der Waals surface area contributed by atoms with Gasteiger partial charge in [0.15, 0.2) is 12.2 Å². The van der Waals surface area contributed by atoms with Crippen molar-refractivity contribution in [1.82, 2.24) is 16.0 Å². The molecule has 4 N–H and O–H groups in total. The molecule has 98 valence electrons. The Bertz CT molecular complexity index is 232. The van der Waals surface area contributed by atoms with E-state index in [4.69, 9.17) is 9.84 Å². The van der Waals surface area contributed by atoms with Crippen molar-refractivity contribution >= 4 is 11.9 Å². The van der Waals surface area contributed by atoms with Crippen LogP contribution in [0.15, 0.2) is 6.26 Å². The molecule has 0 radical (unpaired) electrons. The van der Waals surface area contributed by atoms with Gasteiger partial charge in [-0.3, -0.25) is 4.79 Å². The number of nitrogens with one attached hydrogen (secondary N) is 3. The Balaban J connectivity index is 2.98. The summed E-state index contributed by atoms with van der Waals surface area (Å²) in [5, 5.41) is 17.3. The fourth-order valence-corrected chi connectivity index (χ4v) is 1.02. The summed E-state index contributed by atoms with van der Waals surface area (Å²) in [7, 11) is 0. The minimum atomic E-state index is -0.851. The van der Waals surface area contributed by atoms with Gasteiger partial charge in [0.1, 0.15) is 6.61 Å². The Labute approximate surface area is 100 Å². The Kier molecular flexibility index (Phi) is 11.6. The van der Waals surface area contributed by atoms with E-state index in [1.807, 2.05) is 0 Å². The van der Waals surface area contributed by atoms with Crippen LogP contribution in [0.1, 0.15) is 0 Å². The lowest BCUT2D eigenvalue weighted by Crippen LogP contribution is -2.34. The molecule has 0 fully saturated rings.